The first-order chi connectivity index (χ1) is 9.06. The Labute approximate surface area is 122 Å². The maximum Gasteiger partial charge on any atom is 0.267 e. The quantitative estimate of drug-likeness (QED) is 0.887. The molecule has 0 spiro atoms. The van der Waals surface area contributed by atoms with E-state index in [1.165, 1.54) is 0 Å². The van der Waals surface area contributed by atoms with Gasteiger partial charge in [-0.2, -0.15) is 0 Å². The molecule has 0 radical (unpaired) electrons. The number of carbonyl (C=O) groups is 1. The van der Waals surface area contributed by atoms with Gasteiger partial charge in [0.25, 0.3) is 5.91 Å². The molecule has 0 atom stereocenters. The number of halogens is 1. The summed E-state index contributed by atoms with van der Waals surface area (Å²) in [6.07, 6.45) is 1.88. The molecule has 2 heterocycles. The van der Waals surface area contributed by atoms with Crippen molar-refractivity contribution in [2.45, 2.75) is 0 Å². The minimum absolute atomic E-state index is 0.0117. The Balaban J connectivity index is 1.74. The second kappa shape index (κ2) is 6.54. The molecule has 1 aliphatic heterocycles. The zero-order valence-corrected chi connectivity index (χ0v) is 13.1. The Hall–Kier alpha value is -0.850. The van der Waals surface area contributed by atoms with Crippen molar-refractivity contribution in [3.63, 3.8) is 0 Å². The average Bonchev–Trinajstić information content (AvgIpc) is 2.71. The Kier molecular flexibility index (Phi) is 5.01. The van der Waals surface area contributed by atoms with Crippen LogP contribution in [0.1, 0.15) is 10.5 Å². The highest BCUT2D eigenvalue weighted by Gasteiger charge is 2.14. The zero-order chi connectivity index (χ0) is 13.8. The van der Waals surface area contributed by atoms with Crippen LogP contribution in [-0.2, 0) is 7.05 Å². The summed E-state index contributed by atoms with van der Waals surface area (Å²) in [5, 5.41) is 2.98. The number of nitrogens with zero attached hydrogens (tertiary/aromatic N) is 3. The molecule has 0 aromatic carbocycles. The minimum Gasteiger partial charge on any atom is -0.349 e. The van der Waals surface area contributed by atoms with Crippen LogP contribution in [0.2, 0.25) is 0 Å². The average molecular weight is 329 g/mol. The number of hydrogen-bond donors (Lipinski definition) is 1. The maximum absolute atomic E-state index is 12.0. The van der Waals surface area contributed by atoms with Gasteiger partial charge in [0.15, 0.2) is 0 Å². The van der Waals surface area contributed by atoms with Crippen LogP contribution in [0.25, 0.3) is 0 Å². The third-order valence-electron chi connectivity index (χ3n) is 3.51. The third kappa shape index (κ3) is 4.06. The van der Waals surface area contributed by atoms with E-state index >= 15 is 0 Å². The second-order valence-electron chi connectivity index (χ2n) is 5.06. The highest BCUT2D eigenvalue weighted by Crippen LogP contribution is 2.13. The van der Waals surface area contributed by atoms with Crippen LogP contribution in [0, 0.1) is 0 Å². The predicted molar refractivity (Wildman–Crippen MR) is 79.4 cm³/mol. The third-order valence-corrected chi connectivity index (χ3v) is 3.95. The number of hydrogen-bond acceptors (Lipinski definition) is 3. The van der Waals surface area contributed by atoms with Crippen LogP contribution < -0.4 is 5.32 Å². The van der Waals surface area contributed by atoms with Gasteiger partial charge in [0.1, 0.15) is 5.69 Å². The lowest BCUT2D eigenvalue weighted by Gasteiger charge is -2.32. The number of aromatic nitrogens is 1. The molecule has 19 heavy (non-hydrogen) atoms. The van der Waals surface area contributed by atoms with E-state index in [9.17, 15) is 4.79 Å². The SMILES string of the molecule is CN1CCN(CCNC(=O)c2cc(Br)cn2C)CC1. The Bertz CT molecular complexity index is 438. The van der Waals surface area contributed by atoms with Crippen molar-refractivity contribution in [1.29, 1.82) is 0 Å². The van der Waals surface area contributed by atoms with Gasteiger partial charge in [0, 0.05) is 57.0 Å². The molecular weight excluding hydrogens is 308 g/mol. The number of piperazine rings is 1. The summed E-state index contributed by atoms with van der Waals surface area (Å²) in [5.74, 6) is -0.0117. The van der Waals surface area contributed by atoms with Crippen molar-refractivity contribution >= 4 is 21.8 Å². The smallest absolute Gasteiger partial charge is 0.267 e. The highest BCUT2D eigenvalue weighted by atomic mass is 79.9. The van der Waals surface area contributed by atoms with E-state index in [-0.39, 0.29) is 5.91 Å². The van der Waals surface area contributed by atoms with Crippen LogP contribution in [-0.4, -0.2) is 66.6 Å². The van der Waals surface area contributed by atoms with E-state index in [1.54, 1.807) is 0 Å². The van der Waals surface area contributed by atoms with Gasteiger partial charge in [-0.1, -0.05) is 0 Å². The topological polar surface area (TPSA) is 40.5 Å². The summed E-state index contributed by atoms with van der Waals surface area (Å²) in [6, 6.07) is 1.84. The molecule has 0 aliphatic carbocycles. The number of likely N-dealkylation sites (N-methyl/N-ethyl adjacent to an activating group) is 1. The fourth-order valence-corrected chi connectivity index (χ4v) is 2.76. The van der Waals surface area contributed by atoms with E-state index in [4.69, 9.17) is 0 Å². The molecule has 1 saturated heterocycles. The molecule has 1 fully saturated rings. The number of aryl methyl sites for hydroxylation is 1. The summed E-state index contributed by atoms with van der Waals surface area (Å²) in [7, 11) is 4.02. The Morgan fingerprint density at radius 1 is 1.32 bits per heavy atom. The normalized spacial score (nSPS) is 17.6. The van der Waals surface area contributed by atoms with Crippen molar-refractivity contribution in [2.75, 3.05) is 46.3 Å². The lowest BCUT2D eigenvalue weighted by atomic mass is 10.3. The molecule has 1 aliphatic rings. The van der Waals surface area contributed by atoms with Gasteiger partial charge in [-0.15, -0.1) is 0 Å². The summed E-state index contributed by atoms with van der Waals surface area (Å²) in [4.78, 5) is 16.7. The van der Waals surface area contributed by atoms with E-state index in [2.05, 4.69) is 38.1 Å². The minimum atomic E-state index is -0.0117. The molecule has 6 heteroatoms. The second-order valence-corrected chi connectivity index (χ2v) is 5.97. The Morgan fingerprint density at radius 3 is 2.58 bits per heavy atom. The lowest BCUT2D eigenvalue weighted by molar-refractivity contribution is 0.0933. The van der Waals surface area contributed by atoms with Crippen molar-refractivity contribution in [1.82, 2.24) is 19.7 Å². The van der Waals surface area contributed by atoms with Crippen molar-refractivity contribution in [3.8, 4) is 0 Å². The monoisotopic (exact) mass is 328 g/mol. The number of amides is 1. The van der Waals surface area contributed by atoms with Gasteiger partial charge in [-0.05, 0) is 29.0 Å². The van der Waals surface area contributed by atoms with Gasteiger partial charge in [-0.3, -0.25) is 9.69 Å². The molecule has 1 amide bonds. The van der Waals surface area contributed by atoms with E-state index in [0.29, 0.717) is 12.2 Å². The first-order valence-electron chi connectivity index (χ1n) is 6.57. The largest absolute Gasteiger partial charge is 0.349 e. The summed E-state index contributed by atoms with van der Waals surface area (Å²) >= 11 is 3.37. The van der Waals surface area contributed by atoms with Gasteiger partial charge in [0.2, 0.25) is 0 Å². The van der Waals surface area contributed by atoms with Crippen LogP contribution in [0.4, 0.5) is 0 Å². The van der Waals surface area contributed by atoms with Gasteiger partial charge < -0.3 is 14.8 Å². The van der Waals surface area contributed by atoms with Crippen molar-refractivity contribution < 1.29 is 4.79 Å². The van der Waals surface area contributed by atoms with Crippen LogP contribution in [0.15, 0.2) is 16.7 Å². The van der Waals surface area contributed by atoms with E-state index in [1.807, 2.05) is 23.9 Å². The first-order valence-corrected chi connectivity index (χ1v) is 7.36. The van der Waals surface area contributed by atoms with Gasteiger partial charge in [0.05, 0.1) is 0 Å². The number of carbonyl (C=O) groups excluding carboxylic acids is 1. The fourth-order valence-electron chi connectivity index (χ4n) is 2.24. The van der Waals surface area contributed by atoms with Crippen LogP contribution in [0.3, 0.4) is 0 Å². The summed E-state index contributed by atoms with van der Waals surface area (Å²) < 4.78 is 2.76. The first kappa shape index (κ1) is 14.6. The maximum atomic E-state index is 12.0. The standard InChI is InChI=1S/C13H21BrN4O/c1-16-5-7-18(8-6-16)4-3-15-13(19)12-9-11(14)10-17(12)2/h9-10H,3-8H2,1-2H3,(H,15,19). The lowest BCUT2D eigenvalue weighted by Crippen LogP contribution is -2.47. The molecule has 0 unspecified atom stereocenters. The van der Waals surface area contributed by atoms with Crippen molar-refractivity contribution in [2.24, 2.45) is 7.05 Å². The molecular formula is C13H21BrN4O. The van der Waals surface area contributed by atoms with Crippen LogP contribution >= 0.6 is 15.9 Å². The molecule has 0 saturated carbocycles. The van der Waals surface area contributed by atoms with E-state index in [0.717, 1.165) is 37.2 Å². The molecule has 1 N–H and O–H groups in total. The molecule has 5 nitrogen and oxygen atoms in total. The summed E-state index contributed by atoms with van der Waals surface area (Å²) in [5.41, 5.74) is 0.685. The predicted octanol–water partition coefficient (Wildman–Crippen LogP) is 0.765. The van der Waals surface area contributed by atoms with Gasteiger partial charge >= 0.3 is 0 Å². The van der Waals surface area contributed by atoms with Crippen LogP contribution in [0.5, 0.6) is 0 Å². The molecule has 0 bridgehead atoms. The molecule has 106 valence electrons. The van der Waals surface area contributed by atoms with Gasteiger partial charge in [-0.25, -0.2) is 0 Å². The molecule has 2 rings (SSSR count). The van der Waals surface area contributed by atoms with Crippen molar-refractivity contribution in [3.05, 3.63) is 22.4 Å². The zero-order valence-electron chi connectivity index (χ0n) is 11.5. The fraction of sp³-hybridized carbons (Fsp3) is 0.615. The summed E-state index contributed by atoms with van der Waals surface area (Å²) in [6.45, 7) is 6.01. The number of nitrogens with one attached hydrogen (secondary N) is 1. The van der Waals surface area contributed by atoms with E-state index < -0.39 is 0 Å². The molecule has 1 aromatic rings. The Morgan fingerprint density at radius 2 is 2.00 bits per heavy atom. The molecule has 1 aromatic heterocycles. The highest BCUT2D eigenvalue weighted by molar-refractivity contribution is 9.10. The number of rotatable bonds is 4.